The third kappa shape index (κ3) is 4.64. The van der Waals surface area contributed by atoms with E-state index in [1.54, 1.807) is 24.4 Å². The Morgan fingerprint density at radius 3 is 2.58 bits per heavy atom. The minimum Gasteiger partial charge on any atom is -0.507 e. The number of aromatic nitrogens is 2. The number of nitrogens with one attached hydrogen (secondary N) is 2. The number of rotatable bonds is 6. The van der Waals surface area contributed by atoms with Crippen molar-refractivity contribution in [3.8, 4) is 22.8 Å². The Bertz CT molecular complexity index is 1080. The van der Waals surface area contributed by atoms with Gasteiger partial charge in [0, 0.05) is 49.4 Å². The molecule has 0 unspecified atom stereocenters. The normalized spacial score (nSPS) is 14.7. The highest BCUT2D eigenvalue weighted by atomic mass is 79.9. The van der Waals surface area contributed by atoms with Crippen LogP contribution in [0.25, 0.3) is 11.3 Å². The Labute approximate surface area is 187 Å². The van der Waals surface area contributed by atoms with E-state index in [0.29, 0.717) is 28.3 Å². The van der Waals surface area contributed by atoms with Crippen molar-refractivity contribution in [1.29, 1.82) is 0 Å². The molecule has 4 rings (SSSR count). The number of aromatic hydroxyl groups is 2. The summed E-state index contributed by atoms with van der Waals surface area (Å²) in [5.74, 6) is -0.0481. The van der Waals surface area contributed by atoms with Crippen molar-refractivity contribution in [1.82, 2.24) is 15.5 Å². The number of benzene rings is 2. The summed E-state index contributed by atoms with van der Waals surface area (Å²) in [7, 11) is 0. The van der Waals surface area contributed by atoms with E-state index in [1.807, 2.05) is 0 Å². The Morgan fingerprint density at radius 1 is 1.19 bits per heavy atom. The largest absolute Gasteiger partial charge is 0.507 e. The molecule has 0 radical (unpaired) electrons. The quantitative estimate of drug-likeness (QED) is 0.306. The Morgan fingerprint density at radius 2 is 1.90 bits per heavy atom. The van der Waals surface area contributed by atoms with E-state index in [9.17, 15) is 20.3 Å². The summed E-state index contributed by atoms with van der Waals surface area (Å²) >= 11 is 3.29. The molecule has 2 heterocycles. The van der Waals surface area contributed by atoms with Crippen LogP contribution in [0.4, 0.5) is 11.4 Å². The lowest BCUT2D eigenvalue weighted by molar-refractivity contribution is -0.384. The molecule has 3 aromatic rings. The van der Waals surface area contributed by atoms with Gasteiger partial charge in [-0.15, -0.1) is 0 Å². The van der Waals surface area contributed by atoms with Crippen LogP contribution in [-0.2, 0) is 6.54 Å². The third-order valence-electron chi connectivity index (χ3n) is 5.53. The van der Waals surface area contributed by atoms with E-state index in [4.69, 9.17) is 0 Å². The lowest BCUT2D eigenvalue weighted by Gasteiger charge is -2.34. The first-order valence-electron chi connectivity index (χ1n) is 9.89. The lowest BCUT2D eigenvalue weighted by Crippen LogP contribution is -2.42. The number of aromatic amines is 1. The van der Waals surface area contributed by atoms with Crippen molar-refractivity contribution in [2.24, 2.45) is 0 Å². The predicted molar refractivity (Wildman–Crippen MR) is 120 cm³/mol. The van der Waals surface area contributed by atoms with E-state index in [-0.39, 0.29) is 17.2 Å². The molecule has 2 aromatic carbocycles. The van der Waals surface area contributed by atoms with E-state index >= 15 is 0 Å². The van der Waals surface area contributed by atoms with Gasteiger partial charge in [-0.25, -0.2) is 0 Å². The summed E-state index contributed by atoms with van der Waals surface area (Å²) in [5, 5.41) is 41.5. The summed E-state index contributed by atoms with van der Waals surface area (Å²) in [6, 6.07) is 9.92. The van der Waals surface area contributed by atoms with Gasteiger partial charge in [0.2, 0.25) is 0 Å². The highest BCUT2D eigenvalue weighted by Gasteiger charge is 2.24. The first-order chi connectivity index (χ1) is 14.9. The number of piperidine rings is 1. The second kappa shape index (κ2) is 8.94. The molecule has 0 spiro atoms. The number of non-ortho nitro benzene ring substituents is 1. The SMILES string of the molecule is O=[N+]([O-])c1ccc(CNC2CCN(c3cn[nH]c3-c3cc(Br)c(O)cc3O)CC2)cc1. The van der Waals surface area contributed by atoms with Crippen molar-refractivity contribution >= 4 is 27.3 Å². The molecule has 1 aliphatic rings. The molecule has 1 fully saturated rings. The monoisotopic (exact) mass is 487 g/mol. The first kappa shape index (κ1) is 21.1. The molecule has 0 bridgehead atoms. The van der Waals surface area contributed by atoms with E-state index in [2.05, 4.69) is 36.3 Å². The Balaban J connectivity index is 1.37. The lowest BCUT2D eigenvalue weighted by atomic mass is 10.0. The zero-order valence-corrected chi connectivity index (χ0v) is 18.2. The minimum atomic E-state index is -0.395. The zero-order chi connectivity index (χ0) is 22.0. The highest BCUT2D eigenvalue weighted by Crippen LogP contribution is 2.40. The predicted octanol–water partition coefficient (Wildman–Crippen LogP) is 3.92. The van der Waals surface area contributed by atoms with Gasteiger partial charge < -0.3 is 20.4 Å². The number of nitro groups is 1. The van der Waals surface area contributed by atoms with Gasteiger partial charge in [0.1, 0.15) is 11.5 Å². The molecular formula is C21H22BrN5O4. The molecule has 4 N–H and O–H groups in total. The standard InChI is InChI=1S/C21H22BrN5O4/c22-17-9-16(19(28)10-20(17)29)21-18(12-24-25-21)26-7-5-14(6-8-26)23-11-13-1-3-15(4-2-13)27(30)31/h1-4,9-10,12,14,23,28-29H,5-8,11H2,(H,24,25). The van der Waals surface area contributed by atoms with E-state index < -0.39 is 4.92 Å². The molecule has 1 saturated heterocycles. The van der Waals surface area contributed by atoms with Crippen LogP contribution >= 0.6 is 15.9 Å². The fraction of sp³-hybridized carbons (Fsp3) is 0.286. The highest BCUT2D eigenvalue weighted by molar-refractivity contribution is 9.10. The smallest absolute Gasteiger partial charge is 0.269 e. The third-order valence-corrected chi connectivity index (χ3v) is 6.17. The molecule has 0 aliphatic carbocycles. The van der Waals surface area contributed by atoms with Gasteiger partial charge in [0.15, 0.2) is 0 Å². The number of nitro benzene ring substituents is 1. The molecule has 31 heavy (non-hydrogen) atoms. The number of anilines is 1. The second-order valence-electron chi connectivity index (χ2n) is 7.52. The van der Waals surface area contributed by atoms with Crippen LogP contribution in [0.15, 0.2) is 47.1 Å². The molecule has 0 amide bonds. The van der Waals surface area contributed by atoms with Gasteiger partial charge in [0.05, 0.1) is 27.0 Å². The Kier molecular flexibility index (Phi) is 6.10. The number of phenols is 2. The van der Waals surface area contributed by atoms with Crippen LogP contribution in [0, 0.1) is 10.1 Å². The number of hydrogen-bond acceptors (Lipinski definition) is 7. The second-order valence-corrected chi connectivity index (χ2v) is 8.37. The maximum absolute atomic E-state index is 10.8. The van der Waals surface area contributed by atoms with Crippen molar-refractivity contribution in [2.45, 2.75) is 25.4 Å². The van der Waals surface area contributed by atoms with Gasteiger partial charge in [-0.3, -0.25) is 15.2 Å². The molecular weight excluding hydrogens is 466 g/mol. The van der Waals surface area contributed by atoms with Crippen molar-refractivity contribution < 1.29 is 15.1 Å². The topological polar surface area (TPSA) is 128 Å². The Hall–Kier alpha value is -3.11. The van der Waals surface area contributed by atoms with Crippen LogP contribution in [0.1, 0.15) is 18.4 Å². The van der Waals surface area contributed by atoms with Gasteiger partial charge >= 0.3 is 0 Å². The van der Waals surface area contributed by atoms with Crippen LogP contribution in [0.2, 0.25) is 0 Å². The molecule has 162 valence electrons. The summed E-state index contributed by atoms with van der Waals surface area (Å²) in [6.45, 7) is 2.31. The van der Waals surface area contributed by atoms with Crippen molar-refractivity contribution in [3.05, 3.63) is 62.7 Å². The molecule has 9 nitrogen and oxygen atoms in total. The fourth-order valence-corrected chi connectivity index (χ4v) is 4.13. The summed E-state index contributed by atoms with van der Waals surface area (Å²) in [4.78, 5) is 12.6. The van der Waals surface area contributed by atoms with Gasteiger partial charge in [-0.2, -0.15) is 5.10 Å². The van der Waals surface area contributed by atoms with Crippen LogP contribution in [0.3, 0.4) is 0 Å². The minimum absolute atomic E-state index is 0.0224. The summed E-state index contributed by atoms with van der Waals surface area (Å²) < 4.78 is 0.495. The van der Waals surface area contributed by atoms with Gasteiger partial charge in [0.25, 0.3) is 5.69 Å². The maximum atomic E-state index is 10.8. The summed E-state index contributed by atoms with van der Waals surface area (Å²) in [6.07, 6.45) is 3.62. The average molecular weight is 488 g/mol. The van der Waals surface area contributed by atoms with Crippen LogP contribution < -0.4 is 10.2 Å². The van der Waals surface area contributed by atoms with Crippen LogP contribution in [0.5, 0.6) is 11.5 Å². The van der Waals surface area contributed by atoms with Crippen molar-refractivity contribution in [3.63, 3.8) is 0 Å². The average Bonchev–Trinajstić information content (AvgIpc) is 3.25. The van der Waals surface area contributed by atoms with Gasteiger partial charge in [-0.05, 0) is 40.4 Å². The van der Waals surface area contributed by atoms with E-state index in [1.165, 1.54) is 18.2 Å². The number of phenolic OH excluding ortho intramolecular Hbond substituents is 2. The maximum Gasteiger partial charge on any atom is 0.269 e. The number of halogens is 1. The number of nitrogens with zero attached hydrogens (tertiary/aromatic N) is 3. The summed E-state index contributed by atoms with van der Waals surface area (Å²) in [5.41, 5.74) is 3.28. The number of H-pyrrole nitrogens is 1. The first-order valence-corrected chi connectivity index (χ1v) is 10.7. The molecule has 0 atom stereocenters. The van der Waals surface area contributed by atoms with Crippen molar-refractivity contribution in [2.75, 3.05) is 18.0 Å². The molecule has 10 heteroatoms. The van der Waals surface area contributed by atoms with Crippen LogP contribution in [-0.4, -0.2) is 44.5 Å². The van der Waals surface area contributed by atoms with Gasteiger partial charge in [-0.1, -0.05) is 12.1 Å². The number of hydrogen-bond donors (Lipinski definition) is 4. The molecule has 1 aliphatic heterocycles. The molecule has 1 aromatic heterocycles. The fourth-order valence-electron chi connectivity index (χ4n) is 3.79. The molecule has 0 saturated carbocycles. The van der Waals surface area contributed by atoms with E-state index in [0.717, 1.165) is 37.2 Å². The zero-order valence-electron chi connectivity index (χ0n) is 16.6.